The summed E-state index contributed by atoms with van der Waals surface area (Å²) >= 11 is 0. The standard InChI is InChI=1S/C55H64N4O/c1-51(2,3)36-18-17-19-40(28-36)57-35-58(47-25-22-37(31-49(47)57)52(4,5)6)41-29-39(53(7,8)9)30-43(33-41)60-42-23-24-45-44-20-15-16-21-46(44)59(48(45)34-42)50-32-38(26-27-56-50)55(13,14)54(10,11)12/h15-34H,35H2,1-14H3. The molecule has 0 atom stereocenters. The second-order valence-corrected chi connectivity index (χ2v) is 21.6. The number of nitrogens with zero attached hydrogens (tertiary/aromatic N) is 4. The number of rotatable bonds is 6. The summed E-state index contributed by atoms with van der Waals surface area (Å²) in [6.07, 6.45) is 1.96. The molecule has 0 unspecified atom stereocenters. The number of ether oxygens (including phenoxy) is 1. The first-order valence-electron chi connectivity index (χ1n) is 21.6. The fraction of sp³-hybridized carbons (Fsp3) is 0.364. The lowest BCUT2D eigenvalue weighted by Gasteiger charge is -2.39. The molecule has 0 aliphatic carbocycles. The Labute approximate surface area is 359 Å². The molecule has 2 aromatic heterocycles. The van der Waals surface area contributed by atoms with Gasteiger partial charge in [-0.05, 0) is 116 Å². The van der Waals surface area contributed by atoms with Crippen molar-refractivity contribution < 1.29 is 4.74 Å². The molecule has 0 spiro atoms. The highest BCUT2D eigenvalue weighted by atomic mass is 16.5. The van der Waals surface area contributed by atoms with Gasteiger partial charge >= 0.3 is 0 Å². The zero-order valence-corrected chi connectivity index (χ0v) is 38.5. The fourth-order valence-electron chi connectivity index (χ4n) is 8.30. The maximum Gasteiger partial charge on any atom is 0.137 e. The molecule has 7 aromatic rings. The van der Waals surface area contributed by atoms with Crippen LogP contribution in [0.3, 0.4) is 0 Å². The topological polar surface area (TPSA) is 33.5 Å². The van der Waals surface area contributed by atoms with Crippen LogP contribution in [0.15, 0.2) is 121 Å². The van der Waals surface area contributed by atoms with Crippen molar-refractivity contribution in [1.82, 2.24) is 9.55 Å². The SMILES string of the molecule is CC(C)(C)c1cccc(N2CN(c3cc(Oc4ccc5c6ccccc6n(-c6cc(C(C)(C)C(C)(C)C)ccn6)c5c4)cc(C(C)(C)C)c3)c3ccc(C(C)(C)C)cc32)c1. The summed E-state index contributed by atoms with van der Waals surface area (Å²) in [6, 6.07) is 42.4. The van der Waals surface area contributed by atoms with E-state index < -0.39 is 0 Å². The van der Waals surface area contributed by atoms with Crippen LogP contribution in [-0.4, -0.2) is 16.2 Å². The lowest BCUT2D eigenvalue weighted by Crippen LogP contribution is -2.34. The maximum atomic E-state index is 6.97. The smallest absolute Gasteiger partial charge is 0.137 e. The zero-order chi connectivity index (χ0) is 43.2. The quantitative estimate of drug-likeness (QED) is 0.168. The highest BCUT2D eigenvalue weighted by Crippen LogP contribution is 2.48. The normalized spacial score (nSPS) is 14.0. The van der Waals surface area contributed by atoms with Crippen LogP contribution in [-0.2, 0) is 21.7 Å². The maximum absolute atomic E-state index is 6.97. The third-order valence-corrected chi connectivity index (χ3v) is 13.3. The van der Waals surface area contributed by atoms with Crippen molar-refractivity contribution in [1.29, 1.82) is 0 Å². The Morgan fingerprint density at radius 2 is 1.12 bits per heavy atom. The van der Waals surface area contributed by atoms with Crippen molar-refractivity contribution in [2.24, 2.45) is 5.41 Å². The second kappa shape index (κ2) is 14.3. The Hall–Kier alpha value is -5.55. The second-order valence-electron chi connectivity index (χ2n) is 21.6. The first kappa shape index (κ1) is 41.2. The highest BCUT2D eigenvalue weighted by molar-refractivity contribution is 6.09. The van der Waals surface area contributed by atoms with Crippen molar-refractivity contribution >= 4 is 44.6 Å². The van der Waals surface area contributed by atoms with Gasteiger partial charge < -0.3 is 14.5 Å². The summed E-state index contributed by atoms with van der Waals surface area (Å²) in [7, 11) is 0. The summed E-state index contributed by atoms with van der Waals surface area (Å²) in [5, 5.41) is 2.36. The number of anilines is 4. The number of pyridine rings is 1. The first-order valence-corrected chi connectivity index (χ1v) is 21.6. The summed E-state index contributed by atoms with van der Waals surface area (Å²) in [4.78, 5) is 9.91. The summed E-state index contributed by atoms with van der Waals surface area (Å²) in [5.74, 6) is 2.50. The summed E-state index contributed by atoms with van der Waals surface area (Å²) in [5.41, 5.74) is 12.0. The van der Waals surface area contributed by atoms with E-state index in [1.54, 1.807) is 0 Å². The van der Waals surface area contributed by atoms with Crippen LogP contribution in [0.5, 0.6) is 11.5 Å². The van der Waals surface area contributed by atoms with E-state index in [1.807, 2.05) is 6.20 Å². The predicted molar refractivity (Wildman–Crippen MR) is 256 cm³/mol. The molecular weight excluding hydrogens is 733 g/mol. The average Bonchev–Trinajstić information content (AvgIpc) is 3.72. The van der Waals surface area contributed by atoms with E-state index in [2.05, 4.69) is 227 Å². The molecule has 1 aliphatic heterocycles. The van der Waals surface area contributed by atoms with Gasteiger partial charge in [0.1, 0.15) is 24.0 Å². The van der Waals surface area contributed by atoms with E-state index in [0.29, 0.717) is 6.67 Å². The number of benzene rings is 5. The van der Waals surface area contributed by atoms with Crippen LogP contribution in [0.1, 0.15) is 119 Å². The molecule has 0 fully saturated rings. The minimum Gasteiger partial charge on any atom is -0.457 e. The summed E-state index contributed by atoms with van der Waals surface area (Å²) in [6.45, 7) is 32.8. The van der Waals surface area contributed by atoms with Gasteiger partial charge in [-0.15, -0.1) is 0 Å². The number of aromatic nitrogens is 2. The molecule has 1 aliphatic rings. The number of fused-ring (bicyclic) bond motifs is 4. The van der Waals surface area contributed by atoms with Gasteiger partial charge in [0.25, 0.3) is 0 Å². The lowest BCUT2D eigenvalue weighted by atomic mass is 9.65. The van der Waals surface area contributed by atoms with Crippen LogP contribution in [0.25, 0.3) is 27.6 Å². The van der Waals surface area contributed by atoms with Crippen LogP contribution in [0.4, 0.5) is 22.7 Å². The third-order valence-electron chi connectivity index (χ3n) is 13.3. The molecule has 8 rings (SSSR count). The molecule has 0 N–H and O–H groups in total. The van der Waals surface area contributed by atoms with E-state index in [-0.39, 0.29) is 27.1 Å². The fourth-order valence-corrected chi connectivity index (χ4v) is 8.30. The molecule has 0 saturated carbocycles. The molecular formula is C55H64N4O. The molecule has 5 nitrogen and oxygen atoms in total. The van der Waals surface area contributed by atoms with Gasteiger partial charge in [-0.1, -0.05) is 133 Å². The van der Waals surface area contributed by atoms with Gasteiger partial charge in [-0.2, -0.15) is 0 Å². The van der Waals surface area contributed by atoms with E-state index >= 15 is 0 Å². The molecule has 0 bridgehead atoms. The van der Waals surface area contributed by atoms with Crippen LogP contribution in [0.2, 0.25) is 0 Å². The van der Waals surface area contributed by atoms with Crippen molar-refractivity contribution in [3.8, 4) is 17.3 Å². The van der Waals surface area contributed by atoms with E-state index in [0.717, 1.165) is 34.0 Å². The third kappa shape index (κ3) is 7.46. The van der Waals surface area contributed by atoms with E-state index in [9.17, 15) is 0 Å². The Morgan fingerprint density at radius 1 is 0.467 bits per heavy atom. The molecule has 5 aromatic carbocycles. The van der Waals surface area contributed by atoms with Gasteiger partial charge in [0.15, 0.2) is 0 Å². The predicted octanol–water partition coefficient (Wildman–Crippen LogP) is 15.4. The first-order chi connectivity index (χ1) is 28.0. The van der Waals surface area contributed by atoms with Crippen molar-refractivity contribution in [2.75, 3.05) is 16.5 Å². The van der Waals surface area contributed by atoms with Gasteiger partial charge in [0.2, 0.25) is 0 Å². The van der Waals surface area contributed by atoms with Gasteiger partial charge in [0.05, 0.1) is 22.4 Å². The van der Waals surface area contributed by atoms with Crippen molar-refractivity contribution in [3.05, 3.63) is 144 Å². The zero-order valence-electron chi connectivity index (χ0n) is 38.5. The molecule has 3 heterocycles. The minimum atomic E-state index is -0.110. The molecule has 0 saturated heterocycles. The van der Waals surface area contributed by atoms with Gasteiger partial charge in [-0.3, -0.25) is 4.57 Å². The highest BCUT2D eigenvalue weighted by Gasteiger charge is 2.35. The Morgan fingerprint density at radius 3 is 1.82 bits per heavy atom. The van der Waals surface area contributed by atoms with Crippen molar-refractivity contribution in [2.45, 2.75) is 119 Å². The van der Waals surface area contributed by atoms with Gasteiger partial charge in [0, 0.05) is 40.5 Å². The number of para-hydroxylation sites is 1. The van der Waals surface area contributed by atoms with Gasteiger partial charge in [-0.25, -0.2) is 4.98 Å². The summed E-state index contributed by atoms with van der Waals surface area (Å²) < 4.78 is 9.27. The minimum absolute atomic E-state index is 0.0171. The van der Waals surface area contributed by atoms with Crippen LogP contribution >= 0.6 is 0 Å². The Bertz CT molecular complexity index is 2740. The van der Waals surface area contributed by atoms with Crippen molar-refractivity contribution in [3.63, 3.8) is 0 Å². The largest absolute Gasteiger partial charge is 0.457 e. The molecule has 310 valence electrons. The number of hydrogen-bond donors (Lipinski definition) is 0. The van der Waals surface area contributed by atoms with Crippen LogP contribution in [0, 0.1) is 5.41 Å². The Kier molecular flexibility index (Phi) is 9.81. The number of hydrogen-bond acceptors (Lipinski definition) is 4. The molecule has 0 radical (unpaired) electrons. The van der Waals surface area contributed by atoms with E-state index in [4.69, 9.17) is 9.72 Å². The van der Waals surface area contributed by atoms with E-state index in [1.165, 1.54) is 50.1 Å². The Balaban J connectivity index is 1.23. The molecule has 5 heteroatoms. The lowest BCUT2D eigenvalue weighted by molar-refractivity contribution is 0.225. The average molecular weight is 797 g/mol. The van der Waals surface area contributed by atoms with Crippen LogP contribution < -0.4 is 14.5 Å². The molecule has 0 amide bonds. The monoisotopic (exact) mass is 797 g/mol. The molecule has 60 heavy (non-hydrogen) atoms.